The van der Waals surface area contributed by atoms with E-state index in [2.05, 4.69) is 35.8 Å². The van der Waals surface area contributed by atoms with Crippen LogP contribution in [0, 0.1) is 0 Å². The van der Waals surface area contributed by atoms with E-state index in [4.69, 9.17) is 16.3 Å². The number of hydrogen-bond acceptors (Lipinski definition) is 3. The molecule has 0 N–H and O–H groups in total. The van der Waals surface area contributed by atoms with E-state index in [-0.39, 0.29) is 12.4 Å². The van der Waals surface area contributed by atoms with Gasteiger partial charge in [-0.05, 0) is 62.8 Å². The highest BCUT2D eigenvalue weighted by molar-refractivity contribution is 6.31. The van der Waals surface area contributed by atoms with E-state index in [1.807, 2.05) is 30.3 Å². The van der Waals surface area contributed by atoms with Gasteiger partial charge in [-0.25, -0.2) is 0 Å². The Hall–Kier alpha value is -1.42. The SMILES string of the molecule is CCN(CC)CCCCN1c2ccccc2Oc2ccc(Cl)cc21.Cl. The Morgan fingerprint density at radius 1 is 0.960 bits per heavy atom. The molecule has 0 unspecified atom stereocenters. The van der Waals surface area contributed by atoms with Crippen LogP contribution in [0.4, 0.5) is 11.4 Å². The van der Waals surface area contributed by atoms with Crippen molar-refractivity contribution in [2.75, 3.05) is 31.1 Å². The molecule has 0 bridgehead atoms. The smallest absolute Gasteiger partial charge is 0.151 e. The second-order valence-corrected chi connectivity index (χ2v) is 6.50. The summed E-state index contributed by atoms with van der Waals surface area (Å²) in [4.78, 5) is 4.81. The number of para-hydroxylation sites is 2. The topological polar surface area (TPSA) is 15.7 Å². The number of benzene rings is 2. The van der Waals surface area contributed by atoms with Crippen molar-refractivity contribution in [1.82, 2.24) is 4.90 Å². The maximum Gasteiger partial charge on any atom is 0.151 e. The van der Waals surface area contributed by atoms with E-state index in [0.29, 0.717) is 0 Å². The summed E-state index contributed by atoms with van der Waals surface area (Å²) in [6.45, 7) is 8.81. The van der Waals surface area contributed by atoms with Crippen molar-refractivity contribution in [2.24, 2.45) is 0 Å². The molecule has 0 aliphatic carbocycles. The molecule has 136 valence electrons. The Morgan fingerprint density at radius 3 is 2.44 bits per heavy atom. The Labute approximate surface area is 161 Å². The van der Waals surface area contributed by atoms with Crippen LogP contribution < -0.4 is 9.64 Å². The number of fused-ring (bicyclic) bond motifs is 2. The van der Waals surface area contributed by atoms with Crippen LogP contribution in [0.5, 0.6) is 11.5 Å². The summed E-state index contributed by atoms with van der Waals surface area (Å²) in [5, 5.41) is 0.741. The summed E-state index contributed by atoms with van der Waals surface area (Å²) in [5.41, 5.74) is 2.18. The van der Waals surface area contributed by atoms with E-state index >= 15 is 0 Å². The molecule has 0 atom stereocenters. The average molecular weight is 381 g/mol. The highest BCUT2D eigenvalue weighted by atomic mass is 35.5. The van der Waals surface area contributed by atoms with Gasteiger partial charge in [-0.1, -0.05) is 37.6 Å². The minimum atomic E-state index is 0. The van der Waals surface area contributed by atoms with Gasteiger partial charge in [-0.2, -0.15) is 0 Å². The first-order valence-corrected chi connectivity index (χ1v) is 9.17. The fourth-order valence-corrected chi connectivity index (χ4v) is 3.35. The molecule has 0 spiro atoms. The van der Waals surface area contributed by atoms with Crippen molar-refractivity contribution < 1.29 is 4.74 Å². The van der Waals surface area contributed by atoms with Gasteiger partial charge in [0.1, 0.15) is 0 Å². The molecule has 1 heterocycles. The van der Waals surface area contributed by atoms with Crippen LogP contribution in [0.25, 0.3) is 0 Å². The van der Waals surface area contributed by atoms with E-state index in [0.717, 1.165) is 60.5 Å². The molecular weight excluding hydrogens is 355 g/mol. The quantitative estimate of drug-likeness (QED) is 0.537. The number of hydrogen-bond donors (Lipinski definition) is 0. The third-order valence-electron chi connectivity index (χ3n) is 4.59. The van der Waals surface area contributed by atoms with Gasteiger partial charge in [0.2, 0.25) is 0 Å². The number of halogens is 2. The molecule has 25 heavy (non-hydrogen) atoms. The molecule has 0 saturated heterocycles. The van der Waals surface area contributed by atoms with Crippen LogP contribution in [0.1, 0.15) is 26.7 Å². The molecular formula is C20H26Cl2N2O. The van der Waals surface area contributed by atoms with Crippen molar-refractivity contribution in [2.45, 2.75) is 26.7 Å². The molecule has 1 aliphatic rings. The number of anilines is 2. The van der Waals surface area contributed by atoms with Gasteiger partial charge in [0, 0.05) is 11.6 Å². The first-order chi connectivity index (χ1) is 11.7. The van der Waals surface area contributed by atoms with E-state index in [1.54, 1.807) is 0 Å². The van der Waals surface area contributed by atoms with Crippen molar-refractivity contribution in [3.8, 4) is 11.5 Å². The molecule has 3 rings (SSSR count). The third-order valence-corrected chi connectivity index (χ3v) is 4.82. The number of nitrogens with zero attached hydrogens (tertiary/aromatic N) is 2. The van der Waals surface area contributed by atoms with Gasteiger partial charge in [0.25, 0.3) is 0 Å². The number of ether oxygens (including phenoxy) is 1. The van der Waals surface area contributed by atoms with Crippen LogP contribution in [0.15, 0.2) is 42.5 Å². The summed E-state index contributed by atoms with van der Waals surface area (Å²) in [7, 11) is 0. The van der Waals surface area contributed by atoms with Crippen molar-refractivity contribution in [1.29, 1.82) is 0 Å². The first-order valence-electron chi connectivity index (χ1n) is 8.79. The second-order valence-electron chi connectivity index (χ2n) is 6.07. The van der Waals surface area contributed by atoms with E-state index < -0.39 is 0 Å². The monoisotopic (exact) mass is 380 g/mol. The molecule has 0 aromatic heterocycles. The average Bonchev–Trinajstić information content (AvgIpc) is 2.61. The van der Waals surface area contributed by atoms with Gasteiger partial charge >= 0.3 is 0 Å². The van der Waals surface area contributed by atoms with Crippen LogP contribution in [-0.4, -0.2) is 31.1 Å². The molecule has 3 nitrogen and oxygen atoms in total. The summed E-state index contributed by atoms with van der Waals surface area (Å²) in [6, 6.07) is 14.0. The molecule has 0 amide bonds. The summed E-state index contributed by atoms with van der Waals surface area (Å²) >= 11 is 6.22. The largest absolute Gasteiger partial charge is 0.453 e. The van der Waals surface area contributed by atoms with Gasteiger partial charge in [0.05, 0.1) is 11.4 Å². The summed E-state index contributed by atoms with van der Waals surface area (Å²) in [6.07, 6.45) is 2.33. The predicted octanol–water partition coefficient (Wildman–Crippen LogP) is 6.13. The Balaban J connectivity index is 0.00000225. The normalized spacial score (nSPS) is 12.2. The lowest BCUT2D eigenvalue weighted by Gasteiger charge is -2.33. The lowest BCUT2D eigenvalue weighted by molar-refractivity contribution is 0.297. The zero-order valence-electron chi connectivity index (χ0n) is 14.9. The Kier molecular flexibility index (Phi) is 7.42. The number of rotatable bonds is 7. The van der Waals surface area contributed by atoms with Crippen molar-refractivity contribution in [3.63, 3.8) is 0 Å². The molecule has 1 aliphatic heterocycles. The van der Waals surface area contributed by atoms with Gasteiger partial charge < -0.3 is 14.5 Å². The molecule has 2 aromatic rings. The molecule has 0 radical (unpaired) electrons. The van der Waals surface area contributed by atoms with Gasteiger partial charge in [0.15, 0.2) is 11.5 Å². The van der Waals surface area contributed by atoms with Gasteiger partial charge in [-0.3, -0.25) is 0 Å². The Bertz CT molecular complexity index is 689. The van der Waals surface area contributed by atoms with E-state index in [1.165, 1.54) is 6.42 Å². The zero-order valence-corrected chi connectivity index (χ0v) is 16.4. The molecule has 0 saturated carbocycles. The van der Waals surface area contributed by atoms with Crippen LogP contribution in [0.2, 0.25) is 5.02 Å². The fraction of sp³-hybridized carbons (Fsp3) is 0.400. The molecule has 0 fully saturated rings. The van der Waals surface area contributed by atoms with Crippen molar-refractivity contribution >= 4 is 35.4 Å². The zero-order chi connectivity index (χ0) is 16.9. The standard InChI is InChI=1S/C20H25ClN2O.ClH/c1-3-22(4-2)13-7-8-14-23-17-9-5-6-10-19(17)24-20-12-11-16(21)15-18(20)23;/h5-6,9-12,15H,3-4,7-8,13-14H2,1-2H3;1H. The fourth-order valence-electron chi connectivity index (χ4n) is 3.19. The first kappa shape index (κ1) is 19.9. The lowest BCUT2D eigenvalue weighted by atomic mass is 10.1. The summed E-state index contributed by atoms with van der Waals surface area (Å²) < 4.78 is 6.03. The van der Waals surface area contributed by atoms with Crippen LogP contribution in [-0.2, 0) is 0 Å². The van der Waals surface area contributed by atoms with Crippen LogP contribution >= 0.6 is 24.0 Å². The lowest BCUT2D eigenvalue weighted by Crippen LogP contribution is -2.26. The van der Waals surface area contributed by atoms with Crippen LogP contribution in [0.3, 0.4) is 0 Å². The number of unbranched alkanes of at least 4 members (excludes halogenated alkanes) is 1. The highest BCUT2D eigenvalue weighted by Gasteiger charge is 2.23. The van der Waals surface area contributed by atoms with Gasteiger partial charge in [-0.15, -0.1) is 12.4 Å². The highest BCUT2D eigenvalue weighted by Crippen LogP contribution is 2.47. The second kappa shape index (κ2) is 9.33. The summed E-state index contributed by atoms with van der Waals surface area (Å²) in [5.74, 6) is 1.79. The molecule has 2 aromatic carbocycles. The predicted molar refractivity (Wildman–Crippen MR) is 109 cm³/mol. The third kappa shape index (κ3) is 4.60. The maximum atomic E-state index is 6.22. The minimum absolute atomic E-state index is 0. The van der Waals surface area contributed by atoms with E-state index in [9.17, 15) is 0 Å². The van der Waals surface area contributed by atoms with Crippen molar-refractivity contribution in [3.05, 3.63) is 47.5 Å². The minimum Gasteiger partial charge on any atom is -0.453 e. The molecule has 5 heteroatoms. The maximum absolute atomic E-state index is 6.22. The Morgan fingerprint density at radius 2 is 1.68 bits per heavy atom.